The van der Waals surface area contributed by atoms with Gasteiger partial charge in [0.2, 0.25) is 0 Å². The monoisotopic (exact) mass is 397 g/mol. The van der Waals surface area contributed by atoms with Crippen molar-refractivity contribution in [2.75, 3.05) is 18.0 Å². The van der Waals surface area contributed by atoms with Gasteiger partial charge in [0.05, 0.1) is 16.8 Å². The van der Waals surface area contributed by atoms with Gasteiger partial charge in [-0.2, -0.15) is 4.99 Å². The zero-order valence-electron chi connectivity index (χ0n) is 15.3. The Bertz CT molecular complexity index is 1070. The van der Waals surface area contributed by atoms with E-state index in [1.807, 2.05) is 41.0 Å². The highest BCUT2D eigenvalue weighted by Crippen LogP contribution is 2.22. The van der Waals surface area contributed by atoms with Gasteiger partial charge in [0, 0.05) is 29.4 Å². The van der Waals surface area contributed by atoms with Crippen LogP contribution in [0.25, 0.3) is 10.2 Å². The number of carbonyl (C=O) groups excluding carboxylic acids is 1. The number of anilines is 1. The molecule has 1 aromatic heterocycles. The molecule has 4 nitrogen and oxygen atoms in total. The van der Waals surface area contributed by atoms with E-state index in [9.17, 15) is 4.79 Å². The number of hydrogen-bond donors (Lipinski definition) is 0. The molecular formula is C21H20ClN3OS. The molecule has 0 unspecified atom stereocenters. The van der Waals surface area contributed by atoms with Gasteiger partial charge in [0.15, 0.2) is 4.80 Å². The molecule has 0 aliphatic carbocycles. The highest BCUT2D eigenvalue weighted by molar-refractivity contribution is 7.16. The fraction of sp³-hybridized carbons (Fsp3) is 0.238. The molecule has 0 radical (unpaired) electrons. The quantitative estimate of drug-likeness (QED) is 0.591. The first-order valence-corrected chi connectivity index (χ1v) is 9.93. The number of amides is 1. The Hall–Kier alpha value is -2.55. The predicted octanol–water partition coefficient (Wildman–Crippen LogP) is 4.58. The number of halogens is 1. The van der Waals surface area contributed by atoms with Gasteiger partial charge >= 0.3 is 0 Å². The molecular weight excluding hydrogens is 378 g/mol. The maximum atomic E-state index is 12.7. The molecule has 3 rings (SSSR count). The SMILES string of the molecule is C#CCn1c(=NC(=O)c2ccc(N(CC)CC)cc2)sc2cc(Cl)ccc21. The number of hydrogen-bond acceptors (Lipinski definition) is 3. The zero-order chi connectivity index (χ0) is 19.4. The second-order valence-electron chi connectivity index (χ2n) is 5.92. The molecule has 0 N–H and O–H groups in total. The highest BCUT2D eigenvalue weighted by atomic mass is 35.5. The lowest BCUT2D eigenvalue weighted by molar-refractivity contribution is 0.0998. The van der Waals surface area contributed by atoms with Crippen molar-refractivity contribution in [3.05, 3.63) is 57.9 Å². The third-order valence-corrected chi connectivity index (χ3v) is 5.61. The third-order valence-electron chi connectivity index (χ3n) is 4.33. The number of thiazole rings is 1. The van der Waals surface area contributed by atoms with Crippen LogP contribution in [0.1, 0.15) is 24.2 Å². The molecule has 0 saturated heterocycles. The summed E-state index contributed by atoms with van der Waals surface area (Å²) in [5.41, 5.74) is 2.56. The predicted molar refractivity (Wildman–Crippen MR) is 114 cm³/mol. The van der Waals surface area contributed by atoms with Crippen LogP contribution in [-0.2, 0) is 6.54 Å². The lowest BCUT2D eigenvalue weighted by atomic mass is 10.2. The van der Waals surface area contributed by atoms with Crippen LogP contribution in [0.15, 0.2) is 47.5 Å². The van der Waals surface area contributed by atoms with Crippen LogP contribution in [0.3, 0.4) is 0 Å². The van der Waals surface area contributed by atoms with Crippen molar-refractivity contribution in [1.29, 1.82) is 0 Å². The van der Waals surface area contributed by atoms with Gasteiger partial charge in [-0.3, -0.25) is 4.79 Å². The van der Waals surface area contributed by atoms with E-state index in [0.29, 0.717) is 21.9 Å². The molecule has 1 amide bonds. The first-order chi connectivity index (χ1) is 13.1. The molecule has 138 valence electrons. The summed E-state index contributed by atoms with van der Waals surface area (Å²) in [6.45, 7) is 6.40. The second-order valence-corrected chi connectivity index (χ2v) is 7.37. The highest BCUT2D eigenvalue weighted by Gasteiger charge is 2.10. The molecule has 0 bridgehead atoms. The van der Waals surface area contributed by atoms with Crippen LogP contribution in [0.2, 0.25) is 5.02 Å². The van der Waals surface area contributed by atoms with E-state index in [4.69, 9.17) is 18.0 Å². The van der Waals surface area contributed by atoms with Crippen LogP contribution in [0.5, 0.6) is 0 Å². The Kier molecular flexibility index (Phi) is 6.00. The largest absolute Gasteiger partial charge is 0.372 e. The van der Waals surface area contributed by atoms with Crippen molar-refractivity contribution in [3.8, 4) is 12.3 Å². The van der Waals surface area contributed by atoms with Gasteiger partial charge in [-0.25, -0.2) is 0 Å². The molecule has 0 saturated carbocycles. The number of terminal acetylenes is 1. The van der Waals surface area contributed by atoms with Crippen molar-refractivity contribution in [2.45, 2.75) is 20.4 Å². The minimum atomic E-state index is -0.287. The van der Waals surface area contributed by atoms with E-state index in [0.717, 1.165) is 29.0 Å². The number of benzene rings is 2. The normalized spacial score (nSPS) is 11.6. The van der Waals surface area contributed by atoms with E-state index in [1.165, 1.54) is 11.3 Å². The molecule has 0 aliphatic rings. The summed E-state index contributed by atoms with van der Waals surface area (Å²) in [4.78, 5) is 19.8. The van der Waals surface area contributed by atoms with Crippen molar-refractivity contribution in [3.63, 3.8) is 0 Å². The summed E-state index contributed by atoms with van der Waals surface area (Å²) in [6.07, 6.45) is 5.50. The lowest BCUT2D eigenvalue weighted by Gasteiger charge is -2.20. The maximum absolute atomic E-state index is 12.7. The molecule has 0 aliphatic heterocycles. The first-order valence-electron chi connectivity index (χ1n) is 8.73. The number of rotatable bonds is 5. The smallest absolute Gasteiger partial charge is 0.279 e. The van der Waals surface area contributed by atoms with Gasteiger partial charge in [-0.15, -0.1) is 6.42 Å². The maximum Gasteiger partial charge on any atom is 0.279 e. The number of fused-ring (bicyclic) bond motifs is 1. The molecule has 1 heterocycles. The van der Waals surface area contributed by atoms with Gasteiger partial charge in [0.1, 0.15) is 0 Å². The average Bonchev–Trinajstić information content (AvgIpc) is 3.00. The second kappa shape index (κ2) is 8.43. The fourth-order valence-electron chi connectivity index (χ4n) is 2.93. The summed E-state index contributed by atoms with van der Waals surface area (Å²) >= 11 is 7.48. The molecule has 6 heteroatoms. The van der Waals surface area contributed by atoms with Crippen LogP contribution >= 0.6 is 22.9 Å². The molecule has 2 aromatic carbocycles. The molecule has 0 atom stereocenters. The first kappa shape index (κ1) is 19.2. The summed E-state index contributed by atoms with van der Waals surface area (Å²) in [5, 5.41) is 0.640. The van der Waals surface area contributed by atoms with Crippen LogP contribution in [0.4, 0.5) is 5.69 Å². The Labute approximate surface area is 167 Å². The van der Waals surface area contributed by atoms with E-state index < -0.39 is 0 Å². The minimum absolute atomic E-state index is 0.287. The topological polar surface area (TPSA) is 37.6 Å². The zero-order valence-corrected chi connectivity index (χ0v) is 16.8. The standard InChI is InChI=1S/C21H20ClN3OS/c1-4-13-25-18-12-9-16(22)14-19(18)27-21(25)23-20(26)15-7-10-17(11-8-15)24(5-2)6-3/h1,7-12,14H,5-6,13H2,2-3H3. The van der Waals surface area contributed by atoms with Crippen LogP contribution in [-0.4, -0.2) is 23.6 Å². The van der Waals surface area contributed by atoms with Gasteiger partial charge in [-0.05, 0) is 56.3 Å². The van der Waals surface area contributed by atoms with Crippen LogP contribution in [0, 0.1) is 12.3 Å². The Balaban J connectivity index is 2.00. The number of carbonyl (C=O) groups is 1. The van der Waals surface area contributed by atoms with Crippen molar-refractivity contribution < 1.29 is 4.79 Å². The van der Waals surface area contributed by atoms with Crippen molar-refractivity contribution >= 4 is 44.7 Å². The minimum Gasteiger partial charge on any atom is -0.372 e. The van der Waals surface area contributed by atoms with Crippen molar-refractivity contribution in [1.82, 2.24) is 4.57 Å². The number of nitrogens with zero attached hydrogens (tertiary/aromatic N) is 3. The number of aromatic nitrogens is 1. The van der Waals surface area contributed by atoms with E-state index >= 15 is 0 Å². The van der Waals surface area contributed by atoms with E-state index in [-0.39, 0.29) is 5.91 Å². The molecule has 0 spiro atoms. The summed E-state index contributed by atoms with van der Waals surface area (Å²) in [7, 11) is 0. The summed E-state index contributed by atoms with van der Waals surface area (Å²) in [5.74, 6) is 2.34. The van der Waals surface area contributed by atoms with E-state index in [2.05, 4.69) is 29.7 Å². The van der Waals surface area contributed by atoms with Crippen LogP contribution < -0.4 is 9.70 Å². The summed E-state index contributed by atoms with van der Waals surface area (Å²) < 4.78 is 2.81. The van der Waals surface area contributed by atoms with Gasteiger partial charge in [-0.1, -0.05) is 28.9 Å². The van der Waals surface area contributed by atoms with Crippen molar-refractivity contribution in [2.24, 2.45) is 4.99 Å². The Morgan fingerprint density at radius 1 is 1.22 bits per heavy atom. The van der Waals surface area contributed by atoms with Gasteiger partial charge < -0.3 is 9.47 Å². The summed E-state index contributed by atoms with van der Waals surface area (Å²) in [6, 6.07) is 13.1. The third kappa shape index (κ3) is 4.08. The lowest BCUT2D eigenvalue weighted by Crippen LogP contribution is -2.21. The Morgan fingerprint density at radius 2 is 1.93 bits per heavy atom. The molecule has 27 heavy (non-hydrogen) atoms. The van der Waals surface area contributed by atoms with E-state index in [1.54, 1.807) is 6.07 Å². The average molecular weight is 398 g/mol. The molecule has 0 fully saturated rings. The fourth-order valence-corrected chi connectivity index (χ4v) is 4.24. The van der Waals surface area contributed by atoms with Gasteiger partial charge in [0.25, 0.3) is 5.91 Å². The molecule has 3 aromatic rings. The Morgan fingerprint density at radius 3 is 2.56 bits per heavy atom.